The van der Waals surface area contributed by atoms with Gasteiger partial charge in [-0.05, 0) is 0 Å². The average molecular weight is 299 g/mol. The second kappa shape index (κ2) is 43.4. The van der Waals surface area contributed by atoms with Crippen molar-refractivity contribution in [3.05, 3.63) is 0 Å². The third-order valence-electron chi connectivity index (χ3n) is 1.91. The molecule has 0 N–H and O–H groups in total. The molecular weight excluding hydrogens is 266 g/mol. The molecule has 106 valence electrons. The Kier molecular flexibility index (Phi) is 78.8. The van der Waals surface area contributed by atoms with E-state index >= 15 is 0 Å². The van der Waals surface area contributed by atoms with Gasteiger partial charge in [-0.25, -0.2) is 0 Å². The number of hydrogen-bond acceptors (Lipinski definition) is 0. The molecule has 0 saturated carbocycles. The summed E-state index contributed by atoms with van der Waals surface area (Å²) in [6.45, 7) is 11.0. The van der Waals surface area contributed by atoms with Gasteiger partial charge in [-0.2, -0.15) is 0 Å². The SMILES string of the molecule is CCCCCC.CCCCCC.C[CH2][Al+2].[Cl-].[Cl-]. The standard InChI is InChI=1S/2C6H14.C2H5.Al.2ClH/c2*1-3-5-6-4-2;1-2;;;/h2*3-6H2,1-2H3;1H2,2H3;;2*1H/q;;;+2;;/p-2. The van der Waals surface area contributed by atoms with Gasteiger partial charge in [0.05, 0.1) is 0 Å². The molecule has 0 rings (SSSR count). The van der Waals surface area contributed by atoms with Crippen molar-refractivity contribution in [3.63, 3.8) is 0 Å². The molecule has 0 aromatic rings. The second-order valence-corrected chi connectivity index (χ2v) is 4.64. The van der Waals surface area contributed by atoms with Crippen LogP contribution in [0.5, 0.6) is 0 Å². The summed E-state index contributed by atoms with van der Waals surface area (Å²) in [5, 5.41) is 1.17. The Balaban J connectivity index is -0.0000000421. The molecule has 0 aliphatic carbocycles. The van der Waals surface area contributed by atoms with E-state index in [1.807, 2.05) is 0 Å². The van der Waals surface area contributed by atoms with Gasteiger partial charge in [0.25, 0.3) is 0 Å². The summed E-state index contributed by atoms with van der Waals surface area (Å²) in [7, 11) is 0. The zero-order valence-corrected chi connectivity index (χ0v) is 15.4. The normalized spacial score (nSPS) is 7.47. The Bertz CT molecular complexity index is 55.2. The maximum absolute atomic E-state index is 2.58. The van der Waals surface area contributed by atoms with Crippen LogP contribution in [0.2, 0.25) is 5.28 Å². The fraction of sp³-hybridized carbons (Fsp3) is 1.00. The third-order valence-corrected chi connectivity index (χ3v) is 1.91. The molecule has 0 aliphatic heterocycles. The fourth-order valence-corrected chi connectivity index (χ4v) is 1.000. The molecular formula is C14H33AlCl2. The quantitative estimate of drug-likeness (QED) is 0.470. The van der Waals surface area contributed by atoms with Gasteiger partial charge in [0.2, 0.25) is 0 Å². The van der Waals surface area contributed by atoms with E-state index in [1.54, 1.807) is 0 Å². The van der Waals surface area contributed by atoms with Crippen LogP contribution in [0.25, 0.3) is 0 Å². The van der Waals surface area contributed by atoms with Gasteiger partial charge in [-0.15, -0.1) is 0 Å². The van der Waals surface area contributed by atoms with E-state index in [0.29, 0.717) is 0 Å². The molecule has 0 saturated heterocycles. The van der Waals surface area contributed by atoms with Crippen LogP contribution >= 0.6 is 0 Å². The minimum Gasteiger partial charge on any atom is -1.00 e. The maximum atomic E-state index is 2.58. The van der Waals surface area contributed by atoms with E-state index in [1.165, 1.54) is 56.6 Å². The third kappa shape index (κ3) is 77.3. The molecule has 17 heavy (non-hydrogen) atoms. The van der Waals surface area contributed by atoms with Gasteiger partial charge in [0, 0.05) is 0 Å². The average Bonchev–Trinajstić information content (AvgIpc) is 2.25. The molecule has 0 nitrogen and oxygen atoms in total. The smallest absolute Gasteiger partial charge is 1.00 e. The van der Waals surface area contributed by atoms with Gasteiger partial charge in [0.1, 0.15) is 0 Å². The van der Waals surface area contributed by atoms with Crippen molar-refractivity contribution in [1.29, 1.82) is 0 Å². The van der Waals surface area contributed by atoms with Crippen LogP contribution in [0.4, 0.5) is 0 Å². The van der Waals surface area contributed by atoms with E-state index < -0.39 is 0 Å². The largest absolute Gasteiger partial charge is 1.00 e. The van der Waals surface area contributed by atoms with Crippen molar-refractivity contribution in [3.8, 4) is 0 Å². The Hall–Kier alpha value is 1.11. The molecule has 0 amide bonds. The Morgan fingerprint density at radius 2 is 0.647 bits per heavy atom. The Morgan fingerprint density at radius 3 is 0.706 bits per heavy atom. The van der Waals surface area contributed by atoms with Crippen LogP contribution < -0.4 is 24.8 Å². The number of unbranched alkanes of at least 4 members (excludes halogenated alkanes) is 6. The monoisotopic (exact) mass is 298 g/mol. The van der Waals surface area contributed by atoms with Crippen LogP contribution in [-0.4, -0.2) is 16.3 Å². The van der Waals surface area contributed by atoms with Gasteiger partial charge in [-0.1, -0.05) is 79.1 Å². The first-order valence-electron chi connectivity index (χ1n) is 6.94. The first kappa shape index (κ1) is 30.8. The van der Waals surface area contributed by atoms with Crippen molar-refractivity contribution in [1.82, 2.24) is 0 Å². The van der Waals surface area contributed by atoms with E-state index in [2.05, 4.69) is 50.9 Å². The molecule has 0 bridgehead atoms. The zero-order chi connectivity index (χ0) is 12.4. The second-order valence-electron chi connectivity index (χ2n) is 3.82. The summed E-state index contributed by atoms with van der Waals surface area (Å²) >= 11 is 2.58. The molecule has 0 unspecified atom stereocenters. The maximum Gasteiger partial charge on any atom is -1.00 e. The Morgan fingerprint density at radius 1 is 0.529 bits per heavy atom. The van der Waals surface area contributed by atoms with Crippen LogP contribution in [0, 0.1) is 0 Å². The predicted molar refractivity (Wildman–Crippen MR) is 75.9 cm³/mol. The van der Waals surface area contributed by atoms with Crippen LogP contribution in [-0.2, 0) is 0 Å². The van der Waals surface area contributed by atoms with Crippen molar-refractivity contribution in [2.45, 2.75) is 91.3 Å². The molecule has 0 aromatic heterocycles. The van der Waals surface area contributed by atoms with E-state index in [9.17, 15) is 0 Å². The molecule has 0 atom stereocenters. The minimum absolute atomic E-state index is 0. The summed E-state index contributed by atoms with van der Waals surface area (Å²) in [5.74, 6) is 0. The van der Waals surface area contributed by atoms with Gasteiger partial charge in [-0.3, -0.25) is 0 Å². The number of rotatable bonds is 6. The molecule has 3 heteroatoms. The molecule has 0 radical (unpaired) electrons. The minimum atomic E-state index is 0. The fourth-order valence-electron chi connectivity index (χ4n) is 1.000. The first-order chi connectivity index (χ1) is 7.24. The molecule has 0 fully saturated rings. The summed E-state index contributed by atoms with van der Waals surface area (Å²) in [6, 6.07) is 0. The van der Waals surface area contributed by atoms with Crippen molar-refractivity contribution in [2.24, 2.45) is 0 Å². The van der Waals surface area contributed by atoms with Crippen molar-refractivity contribution < 1.29 is 24.8 Å². The predicted octanol–water partition coefficient (Wildman–Crippen LogP) is -0.226. The van der Waals surface area contributed by atoms with Crippen LogP contribution in [0.3, 0.4) is 0 Å². The van der Waals surface area contributed by atoms with E-state index in [4.69, 9.17) is 0 Å². The molecule has 0 spiro atoms. The molecule has 0 heterocycles. The summed E-state index contributed by atoms with van der Waals surface area (Å²) in [6.07, 6.45) is 11.1. The van der Waals surface area contributed by atoms with E-state index in [0.717, 1.165) is 0 Å². The van der Waals surface area contributed by atoms with E-state index in [-0.39, 0.29) is 24.8 Å². The molecule has 0 aromatic carbocycles. The number of halogens is 2. The number of hydrogen-bond donors (Lipinski definition) is 0. The van der Waals surface area contributed by atoms with Crippen LogP contribution in [0.15, 0.2) is 0 Å². The van der Waals surface area contributed by atoms with Crippen molar-refractivity contribution in [2.75, 3.05) is 0 Å². The summed E-state index contributed by atoms with van der Waals surface area (Å²) in [4.78, 5) is 0. The summed E-state index contributed by atoms with van der Waals surface area (Å²) in [5.41, 5.74) is 0. The van der Waals surface area contributed by atoms with Gasteiger partial charge < -0.3 is 24.8 Å². The zero-order valence-electron chi connectivity index (χ0n) is 12.7. The first-order valence-corrected chi connectivity index (χ1v) is 7.76. The topological polar surface area (TPSA) is 0 Å². The van der Waals surface area contributed by atoms with Crippen LogP contribution in [0.1, 0.15) is 86.0 Å². The summed E-state index contributed by atoms with van der Waals surface area (Å²) < 4.78 is 0. The Labute approximate surface area is 132 Å². The van der Waals surface area contributed by atoms with Gasteiger partial charge >= 0.3 is 28.5 Å². The van der Waals surface area contributed by atoms with Crippen molar-refractivity contribution >= 4 is 16.3 Å². The van der Waals surface area contributed by atoms with Gasteiger partial charge in [0.15, 0.2) is 0 Å². The molecule has 0 aliphatic rings.